The van der Waals surface area contributed by atoms with Crippen LogP contribution in [-0.2, 0) is 27.4 Å². The average molecular weight is 494 g/mol. The summed E-state index contributed by atoms with van der Waals surface area (Å²) in [7, 11) is 1.43. The number of aromatic nitrogens is 1. The van der Waals surface area contributed by atoms with Crippen LogP contribution in [-0.4, -0.2) is 52.4 Å². The van der Waals surface area contributed by atoms with Gasteiger partial charge < -0.3 is 9.64 Å². The van der Waals surface area contributed by atoms with Crippen molar-refractivity contribution in [2.24, 2.45) is 5.92 Å². The van der Waals surface area contributed by atoms with Crippen molar-refractivity contribution in [2.45, 2.75) is 37.9 Å². The predicted octanol–water partition coefficient (Wildman–Crippen LogP) is 4.94. The Morgan fingerprint density at radius 3 is 2.54 bits per heavy atom. The summed E-state index contributed by atoms with van der Waals surface area (Å²) in [6.45, 7) is 2.95. The predicted molar refractivity (Wildman–Crippen MR) is 144 cm³/mol. The summed E-state index contributed by atoms with van der Waals surface area (Å²) in [5, 5.41) is 3.51. The molecule has 1 atom stereocenters. The molecule has 0 bridgehead atoms. The van der Waals surface area contributed by atoms with Crippen molar-refractivity contribution >= 4 is 33.6 Å². The number of methoxy groups -OCH3 is 1. The highest BCUT2D eigenvalue weighted by Gasteiger charge is 2.56. The van der Waals surface area contributed by atoms with Gasteiger partial charge in [0.1, 0.15) is 0 Å². The number of fused-ring (bicyclic) bond motifs is 2. The molecule has 2 saturated heterocycles. The van der Waals surface area contributed by atoms with Crippen molar-refractivity contribution in [3.63, 3.8) is 0 Å². The lowest BCUT2D eigenvalue weighted by molar-refractivity contribution is -0.150. The van der Waals surface area contributed by atoms with Crippen molar-refractivity contribution in [1.82, 2.24) is 14.8 Å². The molecule has 6 heteroatoms. The first-order chi connectivity index (χ1) is 18.1. The summed E-state index contributed by atoms with van der Waals surface area (Å²) in [5.74, 6) is -0.672. The number of amides is 1. The topological polar surface area (TPSA) is 62.7 Å². The zero-order valence-electron chi connectivity index (χ0n) is 21.1. The number of esters is 1. The number of rotatable bonds is 5. The number of para-hydroxylation sites is 1. The number of nitrogens with zero attached hydrogens (tertiary/aromatic N) is 3. The highest BCUT2D eigenvalue weighted by Crippen LogP contribution is 2.45. The summed E-state index contributed by atoms with van der Waals surface area (Å²) in [6, 6.07) is 24.9. The molecule has 188 valence electrons. The van der Waals surface area contributed by atoms with Crippen LogP contribution in [0.1, 0.15) is 30.4 Å². The Morgan fingerprint density at radius 2 is 1.73 bits per heavy atom. The van der Waals surface area contributed by atoms with Gasteiger partial charge in [0.15, 0.2) is 0 Å². The quantitative estimate of drug-likeness (QED) is 0.369. The molecule has 2 aliphatic rings. The lowest BCUT2D eigenvalue weighted by Gasteiger charge is -2.47. The van der Waals surface area contributed by atoms with Crippen LogP contribution in [0.4, 0.5) is 0 Å². The minimum Gasteiger partial charge on any atom is -0.469 e. The third-order valence-electron chi connectivity index (χ3n) is 8.36. The number of likely N-dealkylation sites (tertiary alicyclic amines) is 2. The normalized spacial score (nSPS) is 19.6. The van der Waals surface area contributed by atoms with E-state index in [0.29, 0.717) is 6.54 Å². The SMILES string of the molecule is COC(=O)C1CC(=O)N(Cc2ccc3ccccc3c2)C12CCN(Cc1ccnc3ccccc13)CC2. The van der Waals surface area contributed by atoms with Gasteiger partial charge in [-0.15, -0.1) is 0 Å². The average Bonchev–Trinajstić information content (AvgIpc) is 3.20. The van der Waals surface area contributed by atoms with E-state index in [9.17, 15) is 9.59 Å². The Bertz CT molecular complexity index is 1470. The number of hydrogen-bond donors (Lipinski definition) is 0. The summed E-state index contributed by atoms with van der Waals surface area (Å²) >= 11 is 0. The number of carbonyl (C=O) groups excluding carboxylic acids is 2. The Balaban J connectivity index is 1.26. The van der Waals surface area contributed by atoms with E-state index >= 15 is 0 Å². The minimum atomic E-state index is -0.521. The first kappa shape index (κ1) is 23.6. The van der Waals surface area contributed by atoms with Gasteiger partial charge >= 0.3 is 5.97 Å². The molecule has 2 aliphatic heterocycles. The molecular weight excluding hydrogens is 462 g/mol. The third-order valence-corrected chi connectivity index (χ3v) is 8.36. The Kier molecular flexibility index (Phi) is 6.13. The molecule has 1 spiro atoms. The fourth-order valence-corrected chi connectivity index (χ4v) is 6.37. The van der Waals surface area contributed by atoms with Crippen LogP contribution in [0, 0.1) is 5.92 Å². The van der Waals surface area contributed by atoms with Gasteiger partial charge in [0.2, 0.25) is 5.91 Å². The van der Waals surface area contributed by atoms with Crippen molar-refractivity contribution in [2.75, 3.05) is 20.2 Å². The van der Waals surface area contributed by atoms with E-state index in [4.69, 9.17) is 4.74 Å². The van der Waals surface area contributed by atoms with E-state index in [1.54, 1.807) is 0 Å². The molecular formula is C31H31N3O3. The van der Waals surface area contributed by atoms with Crippen LogP contribution in [0.2, 0.25) is 0 Å². The number of pyridine rings is 1. The fourth-order valence-electron chi connectivity index (χ4n) is 6.37. The van der Waals surface area contributed by atoms with Gasteiger partial charge in [-0.3, -0.25) is 19.5 Å². The third kappa shape index (κ3) is 4.25. The lowest BCUT2D eigenvalue weighted by Crippen LogP contribution is -2.57. The van der Waals surface area contributed by atoms with E-state index in [-0.39, 0.29) is 18.3 Å². The van der Waals surface area contributed by atoms with E-state index in [0.717, 1.165) is 48.9 Å². The van der Waals surface area contributed by atoms with Crippen LogP contribution in [0.3, 0.4) is 0 Å². The standard InChI is InChI=1S/C31H31N3O3/c1-37-30(36)27-19-29(35)34(20-22-10-11-23-6-2-3-7-24(23)18-22)31(27)13-16-33(17-14-31)21-25-12-15-32-28-9-5-4-8-26(25)28/h2-12,15,18,27H,13-14,16-17,19-21H2,1H3. The van der Waals surface area contributed by atoms with Crippen LogP contribution in [0.5, 0.6) is 0 Å². The Labute approximate surface area is 216 Å². The zero-order valence-corrected chi connectivity index (χ0v) is 21.1. The molecule has 6 rings (SSSR count). The molecule has 0 radical (unpaired) electrons. The molecule has 37 heavy (non-hydrogen) atoms. The van der Waals surface area contributed by atoms with E-state index in [2.05, 4.69) is 58.4 Å². The first-order valence-electron chi connectivity index (χ1n) is 13.0. The van der Waals surface area contributed by atoms with Gasteiger partial charge in [0.05, 0.1) is 24.1 Å². The number of benzene rings is 3. The molecule has 6 nitrogen and oxygen atoms in total. The number of hydrogen-bond acceptors (Lipinski definition) is 5. The lowest BCUT2D eigenvalue weighted by atomic mass is 9.76. The van der Waals surface area contributed by atoms with Crippen LogP contribution >= 0.6 is 0 Å². The molecule has 4 aromatic rings. The van der Waals surface area contributed by atoms with Gasteiger partial charge in [-0.2, -0.15) is 0 Å². The van der Waals surface area contributed by atoms with Gasteiger partial charge in [-0.25, -0.2) is 0 Å². The molecule has 1 aromatic heterocycles. The summed E-state index contributed by atoms with van der Waals surface area (Å²) < 4.78 is 5.20. The second-order valence-electron chi connectivity index (χ2n) is 10.3. The number of ether oxygens (including phenoxy) is 1. The Morgan fingerprint density at radius 1 is 0.973 bits per heavy atom. The summed E-state index contributed by atoms with van der Waals surface area (Å²) in [4.78, 5) is 35.2. The van der Waals surface area contributed by atoms with Gasteiger partial charge in [-0.1, -0.05) is 54.6 Å². The van der Waals surface area contributed by atoms with Gasteiger partial charge in [0, 0.05) is 44.2 Å². The monoisotopic (exact) mass is 493 g/mol. The van der Waals surface area contributed by atoms with Crippen molar-refractivity contribution in [1.29, 1.82) is 0 Å². The maximum atomic E-state index is 13.4. The fraction of sp³-hybridized carbons (Fsp3) is 0.323. The zero-order chi connectivity index (χ0) is 25.4. The molecule has 0 saturated carbocycles. The molecule has 0 aliphatic carbocycles. The molecule has 1 amide bonds. The highest BCUT2D eigenvalue weighted by atomic mass is 16.5. The smallest absolute Gasteiger partial charge is 0.311 e. The Hall–Kier alpha value is -3.77. The molecule has 3 heterocycles. The minimum absolute atomic E-state index is 0.0390. The van der Waals surface area contributed by atoms with E-state index < -0.39 is 11.5 Å². The molecule has 1 unspecified atom stereocenters. The van der Waals surface area contributed by atoms with Crippen molar-refractivity contribution in [3.8, 4) is 0 Å². The maximum absolute atomic E-state index is 13.4. The maximum Gasteiger partial charge on any atom is 0.311 e. The van der Waals surface area contributed by atoms with Crippen LogP contribution in [0.25, 0.3) is 21.7 Å². The molecule has 3 aromatic carbocycles. The van der Waals surface area contributed by atoms with Crippen LogP contribution in [0.15, 0.2) is 79.0 Å². The summed E-state index contributed by atoms with van der Waals surface area (Å²) in [6.07, 6.45) is 3.58. The highest BCUT2D eigenvalue weighted by molar-refractivity contribution is 5.89. The van der Waals surface area contributed by atoms with E-state index in [1.165, 1.54) is 23.4 Å². The van der Waals surface area contributed by atoms with E-state index in [1.807, 2.05) is 35.4 Å². The second-order valence-corrected chi connectivity index (χ2v) is 10.3. The number of carbonyl (C=O) groups is 2. The largest absolute Gasteiger partial charge is 0.469 e. The first-order valence-corrected chi connectivity index (χ1v) is 13.0. The molecule has 2 fully saturated rings. The van der Waals surface area contributed by atoms with Gasteiger partial charge in [-0.05, 0) is 52.9 Å². The van der Waals surface area contributed by atoms with Crippen LogP contribution < -0.4 is 0 Å². The summed E-state index contributed by atoms with van der Waals surface area (Å²) in [5.41, 5.74) is 2.82. The van der Waals surface area contributed by atoms with Crippen molar-refractivity contribution in [3.05, 3.63) is 90.1 Å². The second kappa shape index (κ2) is 9.60. The van der Waals surface area contributed by atoms with Gasteiger partial charge in [0.25, 0.3) is 0 Å². The van der Waals surface area contributed by atoms with Crippen molar-refractivity contribution < 1.29 is 14.3 Å². The number of piperidine rings is 1. The molecule has 0 N–H and O–H groups in total.